The zero-order valence-corrected chi connectivity index (χ0v) is 11.8. The maximum Gasteiger partial charge on any atom is 0.232 e. The highest BCUT2D eigenvalue weighted by Crippen LogP contribution is 2.30. The Morgan fingerprint density at radius 1 is 1.50 bits per heavy atom. The Morgan fingerprint density at radius 2 is 2.28 bits per heavy atom. The second-order valence-electron chi connectivity index (χ2n) is 5.41. The average Bonchev–Trinajstić information content (AvgIpc) is 3.11. The predicted octanol–water partition coefficient (Wildman–Crippen LogP) is 3.27. The quantitative estimate of drug-likeness (QED) is 0.824. The van der Waals surface area contributed by atoms with Crippen LogP contribution < -0.4 is 10.1 Å². The first kappa shape index (κ1) is 13.6. The Balaban J connectivity index is 1.83. The molecule has 1 aromatic rings. The first-order chi connectivity index (χ1) is 8.65. The summed E-state index contributed by atoms with van der Waals surface area (Å²) in [7, 11) is 0. The lowest BCUT2D eigenvalue weighted by Gasteiger charge is -2.09. The molecular weight excluding hydrogens is 248 g/mol. The van der Waals surface area contributed by atoms with E-state index >= 15 is 0 Å². The second kappa shape index (κ2) is 6.39. The van der Waals surface area contributed by atoms with Crippen LogP contribution in [0.3, 0.4) is 0 Å². The Hall–Kier alpha value is -0.800. The third kappa shape index (κ3) is 4.46. The van der Waals surface area contributed by atoms with Gasteiger partial charge in [0.05, 0.1) is 6.61 Å². The summed E-state index contributed by atoms with van der Waals surface area (Å²) < 4.78 is 5.59. The zero-order chi connectivity index (χ0) is 13.0. The molecule has 1 aliphatic rings. The fraction of sp³-hybridized carbons (Fsp3) is 0.643. The number of halogens is 1. The molecule has 18 heavy (non-hydrogen) atoms. The van der Waals surface area contributed by atoms with Gasteiger partial charge in [0.2, 0.25) is 5.88 Å². The Bertz CT molecular complexity index is 391. The average molecular weight is 269 g/mol. The van der Waals surface area contributed by atoms with Crippen LogP contribution in [0.5, 0.6) is 5.88 Å². The van der Waals surface area contributed by atoms with E-state index in [1.54, 1.807) is 0 Å². The number of hydrogen-bond acceptors (Lipinski definition) is 3. The fourth-order valence-electron chi connectivity index (χ4n) is 1.65. The summed E-state index contributed by atoms with van der Waals surface area (Å²) in [6.45, 7) is 6.92. The summed E-state index contributed by atoms with van der Waals surface area (Å²) >= 11 is 6.16. The predicted molar refractivity (Wildman–Crippen MR) is 74.0 cm³/mol. The van der Waals surface area contributed by atoms with Gasteiger partial charge in [-0.1, -0.05) is 25.4 Å². The van der Waals surface area contributed by atoms with Crippen LogP contribution in [0.4, 0.5) is 0 Å². The molecule has 1 saturated carbocycles. The molecule has 0 saturated heterocycles. The number of nitrogens with zero attached hydrogens (tertiary/aromatic N) is 1. The lowest BCUT2D eigenvalue weighted by molar-refractivity contribution is 0.288. The lowest BCUT2D eigenvalue weighted by atomic mass is 10.2. The topological polar surface area (TPSA) is 34.2 Å². The van der Waals surface area contributed by atoms with E-state index in [-0.39, 0.29) is 0 Å². The summed E-state index contributed by atoms with van der Waals surface area (Å²) in [5.41, 5.74) is 1.10. The molecule has 0 bridgehead atoms. The lowest BCUT2D eigenvalue weighted by Crippen LogP contribution is -2.19. The maximum absolute atomic E-state index is 6.16. The van der Waals surface area contributed by atoms with Crippen molar-refractivity contribution in [1.82, 2.24) is 10.3 Å². The molecule has 0 atom stereocenters. The molecule has 0 amide bonds. The largest absolute Gasteiger partial charge is 0.476 e. The van der Waals surface area contributed by atoms with E-state index in [0.29, 0.717) is 16.8 Å². The molecule has 1 aromatic heterocycles. The molecule has 0 radical (unpaired) electrons. The van der Waals surface area contributed by atoms with Gasteiger partial charge in [-0.05, 0) is 42.9 Å². The summed E-state index contributed by atoms with van der Waals surface area (Å²) in [4.78, 5) is 4.28. The fourth-order valence-corrected chi connectivity index (χ4v) is 1.90. The molecule has 3 nitrogen and oxygen atoms in total. The first-order valence-electron chi connectivity index (χ1n) is 6.63. The minimum absolute atomic E-state index is 0.566. The minimum Gasteiger partial charge on any atom is -0.476 e. The van der Waals surface area contributed by atoms with Crippen molar-refractivity contribution in [3.05, 3.63) is 22.8 Å². The van der Waals surface area contributed by atoms with Crippen LogP contribution in [0, 0.1) is 11.8 Å². The maximum atomic E-state index is 6.16. The van der Waals surface area contributed by atoms with Gasteiger partial charge in [0.15, 0.2) is 0 Å². The summed E-state index contributed by atoms with van der Waals surface area (Å²) in [6.07, 6.45) is 4.38. The molecule has 1 aliphatic carbocycles. The summed E-state index contributed by atoms with van der Waals surface area (Å²) in [5, 5.41) is 3.98. The van der Waals surface area contributed by atoms with Crippen molar-refractivity contribution in [2.24, 2.45) is 11.8 Å². The Kier molecular flexibility index (Phi) is 4.84. The van der Waals surface area contributed by atoms with Crippen molar-refractivity contribution in [2.45, 2.75) is 33.2 Å². The summed E-state index contributed by atoms with van der Waals surface area (Å²) in [6, 6.07) is 1.93. The number of pyridine rings is 1. The van der Waals surface area contributed by atoms with Crippen LogP contribution in [0.25, 0.3) is 0 Å². The third-order valence-corrected chi connectivity index (χ3v) is 3.17. The molecule has 0 aliphatic heterocycles. The smallest absolute Gasteiger partial charge is 0.232 e. The Morgan fingerprint density at radius 3 is 2.89 bits per heavy atom. The van der Waals surface area contributed by atoms with Crippen molar-refractivity contribution >= 4 is 11.6 Å². The molecule has 4 heteroatoms. The standard InChI is InChI=1S/C14H21ClN2O/c1-10(2)6-16-7-12-5-13(15)14(17-8-12)18-9-11-3-4-11/h5,8,10-11,16H,3-4,6-7,9H2,1-2H3. The van der Waals surface area contributed by atoms with Crippen molar-refractivity contribution in [2.75, 3.05) is 13.2 Å². The van der Waals surface area contributed by atoms with E-state index in [0.717, 1.165) is 31.2 Å². The van der Waals surface area contributed by atoms with E-state index in [9.17, 15) is 0 Å². The SMILES string of the molecule is CC(C)CNCc1cnc(OCC2CC2)c(Cl)c1. The van der Waals surface area contributed by atoms with Gasteiger partial charge in [-0.2, -0.15) is 0 Å². The number of ether oxygens (including phenoxy) is 1. The van der Waals surface area contributed by atoms with Gasteiger partial charge in [-0.3, -0.25) is 0 Å². The molecule has 1 fully saturated rings. The van der Waals surface area contributed by atoms with Crippen LogP contribution in [-0.2, 0) is 6.54 Å². The molecular formula is C14H21ClN2O. The van der Waals surface area contributed by atoms with Gasteiger partial charge in [0.1, 0.15) is 5.02 Å². The molecule has 0 unspecified atom stereocenters. The van der Waals surface area contributed by atoms with Gasteiger partial charge < -0.3 is 10.1 Å². The number of aromatic nitrogens is 1. The number of hydrogen-bond donors (Lipinski definition) is 1. The van der Waals surface area contributed by atoms with Crippen LogP contribution in [0.15, 0.2) is 12.3 Å². The molecule has 2 rings (SSSR count). The first-order valence-corrected chi connectivity index (χ1v) is 7.01. The van der Waals surface area contributed by atoms with Crippen molar-refractivity contribution < 1.29 is 4.74 Å². The van der Waals surface area contributed by atoms with Gasteiger partial charge >= 0.3 is 0 Å². The van der Waals surface area contributed by atoms with Crippen LogP contribution in [0.1, 0.15) is 32.3 Å². The Labute approximate surface area is 114 Å². The van der Waals surface area contributed by atoms with Gasteiger partial charge in [-0.15, -0.1) is 0 Å². The minimum atomic E-state index is 0.566. The van der Waals surface area contributed by atoms with Gasteiger partial charge in [0, 0.05) is 12.7 Å². The van der Waals surface area contributed by atoms with Gasteiger partial charge in [0.25, 0.3) is 0 Å². The number of nitrogens with one attached hydrogen (secondary N) is 1. The second-order valence-corrected chi connectivity index (χ2v) is 5.82. The van der Waals surface area contributed by atoms with Crippen molar-refractivity contribution in [1.29, 1.82) is 0 Å². The van der Waals surface area contributed by atoms with Crippen molar-refractivity contribution in [3.8, 4) is 5.88 Å². The van der Waals surface area contributed by atoms with E-state index in [2.05, 4.69) is 24.1 Å². The molecule has 0 spiro atoms. The normalized spacial score (nSPS) is 15.1. The molecule has 0 aromatic carbocycles. The molecule has 1 N–H and O–H groups in total. The third-order valence-electron chi connectivity index (χ3n) is 2.90. The molecule has 1 heterocycles. The monoisotopic (exact) mass is 268 g/mol. The zero-order valence-electron chi connectivity index (χ0n) is 11.1. The van der Waals surface area contributed by atoms with Gasteiger partial charge in [-0.25, -0.2) is 4.98 Å². The van der Waals surface area contributed by atoms with E-state index in [1.165, 1.54) is 12.8 Å². The van der Waals surface area contributed by atoms with E-state index < -0.39 is 0 Å². The molecule has 100 valence electrons. The number of rotatable bonds is 7. The highest BCUT2D eigenvalue weighted by molar-refractivity contribution is 6.31. The van der Waals surface area contributed by atoms with Crippen LogP contribution in [-0.4, -0.2) is 18.1 Å². The van der Waals surface area contributed by atoms with E-state index in [1.807, 2.05) is 12.3 Å². The van der Waals surface area contributed by atoms with E-state index in [4.69, 9.17) is 16.3 Å². The highest BCUT2D eigenvalue weighted by atomic mass is 35.5. The summed E-state index contributed by atoms with van der Waals surface area (Å²) in [5.74, 6) is 1.93. The van der Waals surface area contributed by atoms with Crippen LogP contribution >= 0.6 is 11.6 Å². The highest BCUT2D eigenvalue weighted by Gasteiger charge is 2.22. The van der Waals surface area contributed by atoms with Crippen molar-refractivity contribution in [3.63, 3.8) is 0 Å². The van der Waals surface area contributed by atoms with Crippen LogP contribution in [0.2, 0.25) is 5.02 Å².